The average molecular weight is 354 g/mol. The van der Waals surface area contributed by atoms with Crippen molar-refractivity contribution in [3.05, 3.63) is 0 Å². The van der Waals surface area contributed by atoms with Gasteiger partial charge in [-0.15, -0.1) is 0 Å². The molecule has 3 aliphatic rings. The van der Waals surface area contributed by atoms with E-state index in [0.717, 1.165) is 64.7 Å². The molecule has 1 saturated carbocycles. The molecule has 1 aliphatic carbocycles. The van der Waals surface area contributed by atoms with Crippen molar-refractivity contribution in [1.82, 2.24) is 10.2 Å². The normalized spacial score (nSPS) is 29.2. The Labute approximate surface area is 152 Å². The SMILES string of the molecule is CN=C(NCCCOC1CCCCC1)N1CCOC(C2CCCO2)C1. The van der Waals surface area contributed by atoms with E-state index in [2.05, 4.69) is 15.2 Å². The summed E-state index contributed by atoms with van der Waals surface area (Å²) in [5.41, 5.74) is 0. The summed E-state index contributed by atoms with van der Waals surface area (Å²) in [5.74, 6) is 0.976. The van der Waals surface area contributed by atoms with Crippen molar-refractivity contribution in [2.45, 2.75) is 69.7 Å². The molecule has 2 heterocycles. The minimum absolute atomic E-state index is 0.171. The average Bonchev–Trinajstić information content (AvgIpc) is 3.20. The van der Waals surface area contributed by atoms with Crippen LogP contribution in [0.5, 0.6) is 0 Å². The monoisotopic (exact) mass is 353 g/mol. The molecule has 2 saturated heterocycles. The van der Waals surface area contributed by atoms with Crippen molar-refractivity contribution >= 4 is 5.96 Å². The highest BCUT2D eigenvalue weighted by molar-refractivity contribution is 5.80. The summed E-state index contributed by atoms with van der Waals surface area (Å²) in [4.78, 5) is 6.76. The van der Waals surface area contributed by atoms with E-state index in [4.69, 9.17) is 14.2 Å². The van der Waals surface area contributed by atoms with Crippen LogP contribution in [0.3, 0.4) is 0 Å². The molecular formula is C19H35N3O3. The van der Waals surface area contributed by atoms with E-state index in [1.54, 1.807) is 0 Å². The van der Waals surface area contributed by atoms with Crippen LogP contribution in [0, 0.1) is 0 Å². The van der Waals surface area contributed by atoms with Gasteiger partial charge in [0.25, 0.3) is 0 Å². The molecule has 2 atom stereocenters. The second-order valence-corrected chi connectivity index (χ2v) is 7.37. The fraction of sp³-hybridized carbons (Fsp3) is 0.947. The van der Waals surface area contributed by atoms with Gasteiger partial charge in [-0.05, 0) is 32.1 Å². The standard InChI is InChI=1S/C19H35N3O3/c1-20-19(21-10-6-13-23-16-7-3-2-4-8-16)22-11-14-25-18(15-22)17-9-5-12-24-17/h16-18H,2-15H2,1H3,(H,20,21). The summed E-state index contributed by atoms with van der Waals surface area (Å²) in [6.45, 7) is 5.12. The maximum Gasteiger partial charge on any atom is 0.193 e. The minimum Gasteiger partial charge on any atom is -0.378 e. The molecular weight excluding hydrogens is 318 g/mol. The van der Waals surface area contributed by atoms with Crippen molar-refractivity contribution in [1.29, 1.82) is 0 Å². The van der Waals surface area contributed by atoms with Gasteiger partial charge in [0.05, 0.1) is 18.8 Å². The molecule has 0 bridgehead atoms. The van der Waals surface area contributed by atoms with Crippen molar-refractivity contribution in [2.24, 2.45) is 4.99 Å². The Morgan fingerprint density at radius 2 is 1.92 bits per heavy atom. The molecule has 6 heteroatoms. The van der Waals surface area contributed by atoms with Gasteiger partial charge in [-0.2, -0.15) is 0 Å². The van der Waals surface area contributed by atoms with Crippen molar-refractivity contribution in [3.8, 4) is 0 Å². The zero-order valence-electron chi connectivity index (χ0n) is 15.8. The van der Waals surface area contributed by atoms with Gasteiger partial charge in [0.1, 0.15) is 6.10 Å². The van der Waals surface area contributed by atoms with Gasteiger partial charge in [0, 0.05) is 39.9 Å². The van der Waals surface area contributed by atoms with E-state index in [0.29, 0.717) is 6.10 Å². The molecule has 0 radical (unpaired) electrons. The van der Waals surface area contributed by atoms with E-state index in [1.165, 1.54) is 32.1 Å². The first-order valence-electron chi connectivity index (χ1n) is 10.2. The van der Waals surface area contributed by atoms with Crippen LogP contribution in [-0.2, 0) is 14.2 Å². The van der Waals surface area contributed by atoms with Gasteiger partial charge in [0.2, 0.25) is 0 Å². The summed E-state index contributed by atoms with van der Waals surface area (Å²) in [7, 11) is 1.86. The smallest absolute Gasteiger partial charge is 0.193 e. The van der Waals surface area contributed by atoms with Crippen LogP contribution in [0.4, 0.5) is 0 Å². The fourth-order valence-corrected chi connectivity index (χ4v) is 4.07. The third-order valence-corrected chi connectivity index (χ3v) is 5.49. The van der Waals surface area contributed by atoms with Gasteiger partial charge in [0.15, 0.2) is 5.96 Å². The highest BCUT2D eigenvalue weighted by Gasteiger charge is 2.32. The first-order chi connectivity index (χ1) is 12.4. The zero-order valence-corrected chi connectivity index (χ0v) is 15.8. The first kappa shape index (κ1) is 18.9. The predicted octanol–water partition coefficient (Wildman–Crippen LogP) is 2.18. The van der Waals surface area contributed by atoms with Gasteiger partial charge in [-0.3, -0.25) is 4.99 Å². The Balaban J connectivity index is 1.34. The lowest BCUT2D eigenvalue weighted by molar-refractivity contribution is -0.0817. The Bertz CT molecular complexity index is 407. The van der Waals surface area contributed by atoms with E-state index >= 15 is 0 Å². The van der Waals surface area contributed by atoms with Crippen LogP contribution in [0.15, 0.2) is 4.99 Å². The maximum absolute atomic E-state index is 6.00. The van der Waals surface area contributed by atoms with Crippen LogP contribution < -0.4 is 5.32 Å². The lowest BCUT2D eigenvalue weighted by Crippen LogP contribution is -2.53. The summed E-state index contributed by atoms with van der Waals surface area (Å²) >= 11 is 0. The Kier molecular flexibility index (Phi) is 7.82. The van der Waals surface area contributed by atoms with E-state index < -0.39 is 0 Å². The van der Waals surface area contributed by atoms with Crippen molar-refractivity contribution in [3.63, 3.8) is 0 Å². The molecule has 25 heavy (non-hydrogen) atoms. The number of nitrogens with one attached hydrogen (secondary N) is 1. The molecule has 1 N–H and O–H groups in total. The first-order valence-corrected chi connectivity index (χ1v) is 10.2. The maximum atomic E-state index is 6.00. The number of ether oxygens (including phenoxy) is 3. The Morgan fingerprint density at radius 1 is 1.08 bits per heavy atom. The Hall–Kier alpha value is -0.850. The third-order valence-electron chi connectivity index (χ3n) is 5.49. The molecule has 2 unspecified atom stereocenters. The second-order valence-electron chi connectivity index (χ2n) is 7.37. The summed E-state index contributed by atoms with van der Waals surface area (Å²) in [6.07, 6.45) is 10.7. The molecule has 0 aromatic rings. The summed E-state index contributed by atoms with van der Waals surface area (Å²) in [5, 5.41) is 3.49. The van der Waals surface area contributed by atoms with Crippen LogP contribution in [-0.4, -0.2) is 75.7 Å². The lowest BCUT2D eigenvalue weighted by atomic mass is 9.98. The van der Waals surface area contributed by atoms with Crippen molar-refractivity contribution in [2.75, 3.05) is 46.5 Å². The van der Waals surface area contributed by atoms with E-state index in [-0.39, 0.29) is 12.2 Å². The topological polar surface area (TPSA) is 55.3 Å². The van der Waals surface area contributed by atoms with Crippen LogP contribution in [0.25, 0.3) is 0 Å². The molecule has 3 fully saturated rings. The van der Waals surface area contributed by atoms with E-state index in [1.807, 2.05) is 7.05 Å². The number of guanidine groups is 1. The molecule has 144 valence electrons. The molecule has 0 aromatic carbocycles. The van der Waals surface area contributed by atoms with Crippen molar-refractivity contribution < 1.29 is 14.2 Å². The zero-order chi connectivity index (χ0) is 17.3. The fourth-order valence-electron chi connectivity index (χ4n) is 4.07. The van der Waals surface area contributed by atoms with Crippen LogP contribution >= 0.6 is 0 Å². The molecule has 0 spiro atoms. The second kappa shape index (κ2) is 10.3. The molecule has 3 rings (SSSR count). The van der Waals surface area contributed by atoms with Crippen LogP contribution in [0.2, 0.25) is 0 Å². The number of hydrogen-bond donors (Lipinski definition) is 1. The van der Waals surface area contributed by atoms with E-state index in [9.17, 15) is 0 Å². The lowest BCUT2D eigenvalue weighted by Gasteiger charge is -2.37. The molecule has 0 aromatic heterocycles. The minimum atomic E-state index is 0.171. The highest BCUT2D eigenvalue weighted by Crippen LogP contribution is 2.21. The molecule has 6 nitrogen and oxygen atoms in total. The quantitative estimate of drug-likeness (QED) is 0.451. The van der Waals surface area contributed by atoms with Gasteiger partial charge < -0.3 is 24.4 Å². The molecule has 2 aliphatic heterocycles. The van der Waals surface area contributed by atoms with Crippen LogP contribution in [0.1, 0.15) is 51.4 Å². The third kappa shape index (κ3) is 5.83. The summed E-state index contributed by atoms with van der Waals surface area (Å²) < 4.78 is 17.7. The number of morpholine rings is 1. The summed E-state index contributed by atoms with van der Waals surface area (Å²) in [6, 6.07) is 0. The van der Waals surface area contributed by atoms with Gasteiger partial charge >= 0.3 is 0 Å². The highest BCUT2D eigenvalue weighted by atomic mass is 16.5. The Morgan fingerprint density at radius 3 is 2.68 bits per heavy atom. The molecule has 0 amide bonds. The van der Waals surface area contributed by atoms with Gasteiger partial charge in [-0.1, -0.05) is 19.3 Å². The van der Waals surface area contributed by atoms with Gasteiger partial charge in [-0.25, -0.2) is 0 Å². The number of rotatable bonds is 6. The number of nitrogens with zero attached hydrogens (tertiary/aromatic N) is 2. The number of hydrogen-bond acceptors (Lipinski definition) is 4. The largest absolute Gasteiger partial charge is 0.378 e. The number of aliphatic imine (C=N–C) groups is 1. The predicted molar refractivity (Wildman–Crippen MR) is 99.1 cm³/mol.